The minimum Gasteiger partial charge on any atom is -0.493 e. The monoisotopic (exact) mass is 382 g/mol. The van der Waals surface area contributed by atoms with Gasteiger partial charge in [0.1, 0.15) is 0 Å². The number of hydrogen-bond acceptors (Lipinski definition) is 4. The summed E-state index contributed by atoms with van der Waals surface area (Å²) in [6, 6.07) is 11.2. The van der Waals surface area contributed by atoms with Crippen molar-refractivity contribution in [3.63, 3.8) is 0 Å². The Bertz CT molecular complexity index is 855. The van der Waals surface area contributed by atoms with E-state index < -0.39 is 0 Å². The van der Waals surface area contributed by atoms with Gasteiger partial charge in [0, 0.05) is 11.8 Å². The lowest BCUT2D eigenvalue weighted by atomic mass is 10.1. The molecule has 6 heteroatoms. The van der Waals surface area contributed by atoms with Gasteiger partial charge < -0.3 is 20.1 Å². The van der Waals surface area contributed by atoms with Gasteiger partial charge in [-0.1, -0.05) is 24.3 Å². The van der Waals surface area contributed by atoms with Crippen molar-refractivity contribution in [3.8, 4) is 11.5 Å². The van der Waals surface area contributed by atoms with Gasteiger partial charge in [-0.15, -0.1) is 0 Å². The fourth-order valence-corrected chi connectivity index (χ4v) is 2.66. The van der Waals surface area contributed by atoms with Gasteiger partial charge in [-0.2, -0.15) is 0 Å². The van der Waals surface area contributed by atoms with Crippen LogP contribution in [0.1, 0.15) is 23.6 Å². The van der Waals surface area contributed by atoms with Crippen molar-refractivity contribution in [1.82, 2.24) is 5.32 Å². The number of ether oxygens (including phenoxy) is 2. The maximum atomic E-state index is 12.1. The molecule has 2 amide bonds. The predicted octanol–water partition coefficient (Wildman–Crippen LogP) is 3.48. The molecule has 0 aliphatic carbocycles. The van der Waals surface area contributed by atoms with Crippen LogP contribution in [0.4, 0.5) is 5.69 Å². The number of rotatable bonds is 8. The molecule has 0 saturated heterocycles. The van der Waals surface area contributed by atoms with Gasteiger partial charge in [0.25, 0.3) is 0 Å². The van der Waals surface area contributed by atoms with Crippen LogP contribution in [0.15, 0.2) is 42.5 Å². The molecule has 0 aromatic heterocycles. The first-order valence-electron chi connectivity index (χ1n) is 9.07. The van der Waals surface area contributed by atoms with Crippen LogP contribution in [-0.2, 0) is 9.59 Å². The fourth-order valence-electron chi connectivity index (χ4n) is 2.66. The normalized spacial score (nSPS) is 10.6. The summed E-state index contributed by atoms with van der Waals surface area (Å²) in [6.45, 7) is 6.18. The zero-order valence-electron chi connectivity index (χ0n) is 16.7. The molecule has 0 heterocycles. The van der Waals surface area contributed by atoms with Crippen LogP contribution in [-0.4, -0.2) is 32.1 Å². The molecule has 0 spiro atoms. The number of aryl methyl sites for hydroxylation is 2. The second-order valence-corrected chi connectivity index (χ2v) is 6.21. The van der Waals surface area contributed by atoms with E-state index in [1.165, 1.54) is 6.08 Å². The lowest BCUT2D eigenvalue weighted by Crippen LogP contribution is -2.32. The van der Waals surface area contributed by atoms with E-state index in [9.17, 15) is 9.59 Å². The lowest BCUT2D eigenvalue weighted by molar-refractivity contribution is -0.121. The first-order chi connectivity index (χ1) is 13.4. The molecular weight excluding hydrogens is 356 g/mol. The largest absolute Gasteiger partial charge is 0.493 e. The molecule has 0 unspecified atom stereocenters. The Morgan fingerprint density at radius 3 is 2.43 bits per heavy atom. The molecule has 0 atom stereocenters. The Labute approximate surface area is 165 Å². The van der Waals surface area contributed by atoms with E-state index in [1.807, 2.05) is 45.0 Å². The van der Waals surface area contributed by atoms with Gasteiger partial charge in [-0.25, -0.2) is 0 Å². The summed E-state index contributed by atoms with van der Waals surface area (Å²) in [6.07, 6.45) is 3.03. The number of carbonyl (C=O) groups excluding carboxylic acids is 2. The van der Waals surface area contributed by atoms with E-state index >= 15 is 0 Å². The Kier molecular flexibility index (Phi) is 7.63. The molecule has 0 fully saturated rings. The van der Waals surface area contributed by atoms with E-state index in [4.69, 9.17) is 9.47 Å². The standard InChI is InChI=1S/C22H26N2O4/c1-5-28-18-11-9-17(13-19(18)27-4)10-12-20(25)23-14-21(26)24-22-15(2)7-6-8-16(22)3/h6-13H,5,14H2,1-4H3,(H,23,25)(H,24,26)/b12-10+. The summed E-state index contributed by atoms with van der Waals surface area (Å²) >= 11 is 0. The molecule has 2 aromatic carbocycles. The van der Waals surface area contributed by atoms with Crippen molar-refractivity contribution in [1.29, 1.82) is 0 Å². The van der Waals surface area contributed by atoms with Crippen molar-refractivity contribution >= 4 is 23.6 Å². The van der Waals surface area contributed by atoms with Gasteiger partial charge in [0.05, 0.1) is 20.3 Å². The van der Waals surface area contributed by atoms with Crippen LogP contribution >= 0.6 is 0 Å². The number of hydrogen-bond donors (Lipinski definition) is 2. The molecule has 28 heavy (non-hydrogen) atoms. The maximum Gasteiger partial charge on any atom is 0.244 e. The number of anilines is 1. The molecule has 2 N–H and O–H groups in total. The molecule has 0 aliphatic heterocycles. The number of nitrogens with one attached hydrogen (secondary N) is 2. The lowest BCUT2D eigenvalue weighted by Gasteiger charge is -2.11. The topological polar surface area (TPSA) is 76.7 Å². The SMILES string of the molecule is CCOc1ccc(/C=C/C(=O)NCC(=O)Nc2c(C)cccc2C)cc1OC. The third-order valence-electron chi connectivity index (χ3n) is 4.08. The highest BCUT2D eigenvalue weighted by molar-refractivity contribution is 5.98. The Morgan fingerprint density at radius 1 is 1.07 bits per heavy atom. The summed E-state index contributed by atoms with van der Waals surface area (Å²) < 4.78 is 10.8. The molecule has 2 rings (SSSR count). The molecule has 6 nitrogen and oxygen atoms in total. The number of para-hydroxylation sites is 1. The number of carbonyl (C=O) groups is 2. The maximum absolute atomic E-state index is 12.1. The van der Waals surface area contributed by atoms with E-state index in [2.05, 4.69) is 10.6 Å². The van der Waals surface area contributed by atoms with Gasteiger partial charge in [-0.3, -0.25) is 9.59 Å². The van der Waals surface area contributed by atoms with Crippen LogP contribution in [0.2, 0.25) is 0 Å². The van der Waals surface area contributed by atoms with Gasteiger partial charge in [0.2, 0.25) is 11.8 Å². The summed E-state index contributed by atoms with van der Waals surface area (Å²) in [5.74, 6) is 0.610. The molecule has 2 aromatic rings. The third-order valence-corrected chi connectivity index (χ3v) is 4.08. The first kappa shape index (κ1) is 21.0. The van der Waals surface area contributed by atoms with Crippen LogP contribution in [0, 0.1) is 13.8 Å². The van der Waals surface area contributed by atoms with Crippen LogP contribution < -0.4 is 20.1 Å². The molecule has 0 bridgehead atoms. The highest BCUT2D eigenvalue weighted by atomic mass is 16.5. The van der Waals surface area contributed by atoms with Gasteiger partial charge in [-0.05, 0) is 55.7 Å². The van der Waals surface area contributed by atoms with Crippen LogP contribution in [0.3, 0.4) is 0 Å². The third kappa shape index (κ3) is 5.87. The fraction of sp³-hybridized carbons (Fsp3) is 0.273. The number of amides is 2. The van der Waals surface area contributed by atoms with Crippen molar-refractivity contribution in [3.05, 3.63) is 59.2 Å². The molecule has 0 radical (unpaired) electrons. The van der Waals surface area contributed by atoms with Crippen molar-refractivity contribution < 1.29 is 19.1 Å². The van der Waals surface area contributed by atoms with E-state index in [-0.39, 0.29) is 18.4 Å². The second-order valence-electron chi connectivity index (χ2n) is 6.21. The van der Waals surface area contributed by atoms with Crippen molar-refractivity contribution in [2.75, 3.05) is 25.6 Å². The Morgan fingerprint density at radius 2 is 1.79 bits per heavy atom. The van der Waals surface area contributed by atoms with Crippen LogP contribution in [0.5, 0.6) is 11.5 Å². The molecular formula is C22H26N2O4. The molecule has 148 valence electrons. The average Bonchev–Trinajstić information content (AvgIpc) is 2.68. The predicted molar refractivity (Wildman–Crippen MR) is 111 cm³/mol. The van der Waals surface area contributed by atoms with Crippen molar-refractivity contribution in [2.24, 2.45) is 0 Å². The Balaban J connectivity index is 1.90. The quantitative estimate of drug-likeness (QED) is 0.686. The first-order valence-corrected chi connectivity index (χ1v) is 9.07. The molecule has 0 saturated carbocycles. The van der Waals surface area contributed by atoms with Gasteiger partial charge in [0.15, 0.2) is 11.5 Å². The summed E-state index contributed by atoms with van der Waals surface area (Å²) in [5, 5.41) is 5.41. The van der Waals surface area contributed by atoms with E-state index in [1.54, 1.807) is 25.3 Å². The zero-order chi connectivity index (χ0) is 20.5. The van der Waals surface area contributed by atoms with Crippen molar-refractivity contribution in [2.45, 2.75) is 20.8 Å². The highest BCUT2D eigenvalue weighted by Gasteiger charge is 2.08. The van der Waals surface area contributed by atoms with Gasteiger partial charge >= 0.3 is 0 Å². The van der Waals surface area contributed by atoms with E-state index in [0.717, 1.165) is 22.4 Å². The minimum absolute atomic E-state index is 0.108. The summed E-state index contributed by atoms with van der Waals surface area (Å²) in [7, 11) is 1.56. The Hall–Kier alpha value is -3.28. The van der Waals surface area contributed by atoms with E-state index in [0.29, 0.717) is 18.1 Å². The summed E-state index contributed by atoms with van der Waals surface area (Å²) in [4.78, 5) is 24.1. The average molecular weight is 382 g/mol. The number of methoxy groups -OCH3 is 1. The summed E-state index contributed by atoms with van der Waals surface area (Å²) in [5.41, 5.74) is 3.52. The highest BCUT2D eigenvalue weighted by Crippen LogP contribution is 2.28. The minimum atomic E-state index is -0.357. The smallest absolute Gasteiger partial charge is 0.244 e. The molecule has 0 aliphatic rings. The second kappa shape index (κ2) is 10.2. The number of benzene rings is 2. The zero-order valence-corrected chi connectivity index (χ0v) is 16.7. The van der Waals surface area contributed by atoms with Crippen LogP contribution in [0.25, 0.3) is 6.08 Å².